The molecule has 132 valence electrons. The fourth-order valence-corrected chi connectivity index (χ4v) is 5.49. The molecule has 0 aliphatic carbocycles. The number of rotatable bonds is 3. The Morgan fingerprint density at radius 3 is 2.70 bits per heavy atom. The first-order chi connectivity index (χ1) is 13.2. The molecule has 0 saturated carbocycles. The van der Waals surface area contributed by atoms with Crippen molar-refractivity contribution in [1.29, 1.82) is 0 Å². The minimum atomic E-state index is 0.752. The third kappa shape index (κ3) is 2.88. The van der Waals surface area contributed by atoms with Crippen LogP contribution >= 0.6 is 34.3 Å². The maximum absolute atomic E-state index is 6.60. The van der Waals surface area contributed by atoms with Gasteiger partial charge in [-0.15, -0.1) is 22.7 Å². The van der Waals surface area contributed by atoms with Crippen molar-refractivity contribution in [3.8, 4) is 32.3 Å². The van der Waals surface area contributed by atoms with E-state index in [1.807, 2.05) is 25.4 Å². The van der Waals surface area contributed by atoms with Gasteiger partial charge in [0.1, 0.15) is 10.7 Å². The van der Waals surface area contributed by atoms with Crippen LogP contribution in [0.15, 0.2) is 60.4 Å². The second kappa shape index (κ2) is 6.60. The Morgan fingerprint density at radius 2 is 1.89 bits per heavy atom. The zero-order chi connectivity index (χ0) is 18.4. The van der Waals surface area contributed by atoms with Crippen molar-refractivity contribution < 1.29 is 0 Å². The average molecular weight is 408 g/mol. The summed E-state index contributed by atoms with van der Waals surface area (Å²) in [5, 5.41) is 4.01. The minimum absolute atomic E-state index is 0.752. The van der Waals surface area contributed by atoms with Crippen molar-refractivity contribution in [3.05, 3.63) is 71.0 Å². The van der Waals surface area contributed by atoms with Crippen LogP contribution in [0, 0.1) is 6.92 Å². The lowest BCUT2D eigenvalue weighted by atomic mass is 10.0. The van der Waals surface area contributed by atoms with Crippen molar-refractivity contribution in [3.63, 3.8) is 0 Å². The molecule has 3 nitrogen and oxygen atoms in total. The number of benzene rings is 1. The molecule has 27 heavy (non-hydrogen) atoms. The Morgan fingerprint density at radius 1 is 0.963 bits per heavy atom. The summed E-state index contributed by atoms with van der Waals surface area (Å²) in [6, 6.07) is 12.6. The van der Waals surface area contributed by atoms with E-state index in [9.17, 15) is 0 Å². The molecular weight excluding hydrogens is 394 g/mol. The van der Waals surface area contributed by atoms with E-state index in [1.54, 1.807) is 28.9 Å². The van der Waals surface area contributed by atoms with Gasteiger partial charge < -0.3 is 4.98 Å². The highest BCUT2D eigenvalue weighted by atomic mass is 35.5. The lowest BCUT2D eigenvalue weighted by molar-refractivity contribution is 1.33. The predicted molar refractivity (Wildman–Crippen MR) is 116 cm³/mol. The number of H-pyrrole nitrogens is 1. The van der Waals surface area contributed by atoms with E-state index in [4.69, 9.17) is 11.6 Å². The number of aromatic amines is 1. The number of pyridine rings is 1. The predicted octanol–water partition coefficient (Wildman–Crippen LogP) is 7.04. The van der Waals surface area contributed by atoms with Crippen LogP contribution in [0.25, 0.3) is 42.5 Å². The van der Waals surface area contributed by atoms with Gasteiger partial charge in [0.15, 0.2) is 0 Å². The van der Waals surface area contributed by atoms with Crippen LogP contribution in [-0.2, 0) is 0 Å². The van der Waals surface area contributed by atoms with Crippen LogP contribution in [0.4, 0.5) is 0 Å². The molecule has 0 fully saturated rings. The molecule has 5 aromatic rings. The first-order valence-electron chi connectivity index (χ1n) is 8.43. The third-order valence-corrected chi connectivity index (χ3v) is 6.80. The molecule has 0 aliphatic rings. The van der Waals surface area contributed by atoms with E-state index >= 15 is 0 Å². The monoisotopic (exact) mass is 407 g/mol. The van der Waals surface area contributed by atoms with Gasteiger partial charge in [0, 0.05) is 50.6 Å². The number of nitrogens with one attached hydrogen (secondary N) is 1. The molecule has 4 heterocycles. The zero-order valence-corrected chi connectivity index (χ0v) is 16.8. The lowest BCUT2D eigenvalue weighted by Crippen LogP contribution is -1.83. The summed E-state index contributed by atoms with van der Waals surface area (Å²) in [6.45, 7) is 2.05. The highest BCUT2D eigenvalue weighted by Gasteiger charge is 2.19. The Hall–Kier alpha value is -2.47. The summed E-state index contributed by atoms with van der Waals surface area (Å²) in [5.74, 6) is 0.855. The van der Waals surface area contributed by atoms with E-state index in [0.717, 1.165) is 37.2 Å². The molecule has 4 aromatic heterocycles. The van der Waals surface area contributed by atoms with Crippen LogP contribution in [-0.4, -0.2) is 15.0 Å². The number of fused-ring (bicyclic) bond motifs is 1. The molecule has 5 rings (SSSR count). The van der Waals surface area contributed by atoms with Crippen LogP contribution in [0.3, 0.4) is 0 Å². The van der Waals surface area contributed by atoms with Gasteiger partial charge in [0.2, 0.25) is 0 Å². The summed E-state index contributed by atoms with van der Waals surface area (Å²) in [5.41, 5.74) is 4.45. The molecule has 0 aliphatic heterocycles. The van der Waals surface area contributed by atoms with E-state index in [2.05, 4.69) is 50.7 Å². The Kier molecular flexibility index (Phi) is 4.08. The highest BCUT2D eigenvalue weighted by Crippen LogP contribution is 2.45. The summed E-state index contributed by atoms with van der Waals surface area (Å²) in [6.07, 6.45) is 5.50. The van der Waals surface area contributed by atoms with E-state index in [0.29, 0.717) is 0 Å². The molecule has 0 atom stereocenters. The standard InChI is InChI=1S/C21H14ClN3S2/c1-12-2-3-13(17(22)10-12)16-11-18(27-19(16)20-23-7-8-24-20)14-4-6-25-21-15(14)5-9-26-21/h2-11H,1H3,(H,23,24). The topological polar surface area (TPSA) is 41.6 Å². The van der Waals surface area contributed by atoms with Gasteiger partial charge in [0.25, 0.3) is 0 Å². The van der Waals surface area contributed by atoms with Gasteiger partial charge in [-0.1, -0.05) is 23.7 Å². The van der Waals surface area contributed by atoms with Gasteiger partial charge in [0.05, 0.1) is 4.88 Å². The summed E-state index contributed by atoms with van der Waals surface area (Å²) in [4.78, 5) is 15.5. The second-order valence-corrected chi connectivity index (χ2v) is 8.63. The summed E-state index contributed by atoms with van der Waals surface area (Å²) >= 11 is 9.98. The number of thiophene rings is 2. The number of aromatic nitrogens is 3. The first-order valence-corrected chi connectivity index (χ1v) is 10.5. The fraction of sp³-hybridized carbons (Fsp3) is 0.0476. The molecule has 0 saturated heterocycles. The minimum Gasteiger partial charge on any atom is -0.344 e. The first kappa shape index (κ1) is 16.7. The quantitative estimate of drug-likeness (QED) is 0.348. The van der Waals surface area contributed by atoms with Crippen LogP contribution in [0.5, 0.6) is 0 Å². The number of aryl methyl sites for hydroxylation is 1. The third-order valence-electron chi connectivity index (χ3n) is 4.49. The molecule has 0 spiro atoms. The maximum Gasteiger partial charge on any atom is 0.148 e. The van der Waals surface area contributed by atoms with Gasteiger partial charge in [-0.3, -0.25) is 0 Å². The molecule has 0 amide bonds. The Bertz CT molecular complexity index is 1250. The Labute approximate surface area is 169 Å². The number of nitrogens with zero attached hydrogens (tertiary/aromatic N) is 2. The van der Waals surface area contributed by atoms with E-state index < -0.39 is 0 Å². The number of hydrogen-bond donors (Lipinski definition) is 1. The van der Waals surface area contributed by atoms with Crippen molar-refractivity contribution >= 4 is 44.5 Å². The molecular formula is C21H14ClN3S2. The lowest BCUT2D eigenvalue weighted by Gasteiger charge is -2.05. The van der Waals surface area contributed by atoms with E-state index in [-0.39, 0.29) is 0 Å². The van der Waals surface area contributed by atoms with Crippen molar-refractivity contribution in [1.82, 2.24) is 15.0 Å². The number of hydrogen-bond acceptors (Lipinski definition) is 4. The highest BCUT2D eigenvalue weighted by molar-refractivity contribution is 7.20. The zero-order valence-electron chi connectivity index (χ0n) is 14.4. The molecule has 0 unspecified atom stereocenters. The van der Waals surface area contributed by atoms with Crippen LogP contribution < -0.4 is 0 Å². The Balaban J connectivity index is 1.77. The van der Waals surface area contributed by atoms with Gasteiger partial charge in [-0.25, -0.2) is 9.97 Å². The second-order valence-electron chi connectivity index (χ2n) is 6.27. The smallest absolute Gasteiger partial charge is 0.148 e. The van der Waals surface area contributed by atoms with Crippen molar-refractivity contribution in [2.45, 2.75) is 6.92 Å². The van der Waals surface area contributed by atoms with Crippen molar-refractivity contribution in [2.24, 2.45) is 0 Å². The largest absolute Gasteiger partial charge is 0.344 e. The fourth-order valence-electron chi connectivity index (χ4n) is 3.22. The number of imidazole rings is 1. The molecule has 1 N–H and O–H groups in total. The van der Waals surface area contributed by atoms with Crippen LogP contribution in [0.1, 0.15) is 5.56 Å². The average Bonchev–Trinajstić information content (AvgIpc) is 3.40. The van der Waals surface area contributed by atoms with Gasteiger partial charge in [-0.2, -0.15) is 0 Å². The molecule has 0 radical (unpaired) electrons. The molecule has 0 bridgehead atoms. The molecule has 1 aromatic carbocycles. The van der Waals surface area contributed by atoms with Crippen LogP contribution in [0.2, 0.25) is 5.02 Å². The summed E-state index contributed by atoms with van der Waals surface area (Å²) in [7, 11) is 0. The summed E-state index contributed by atoms with van der Waals surface area (Å²) < 4.78 is 0. The van der Waals surface area contributed by atoms with E-state index in [1.165, 1.54) is 15.8 Å². The van der Waals surface area contributed by atoms with Gasteiger partial charge in [-0.05, 0) is 42.1 Å². The SMILES string of the molecule is Cc1ccc(-c2cc(-c3ccnc4sccc34)sc2-c2ncc[nH]2)c(Cl)c1. The van der Waals surface area contributed by atoms with Gasteiger partial charge >= 0.3 is 0 Å². The molecule has 6 heteroatoms. The normalized spacial score (nSPS) is 11.3. The van der Waals surface area contributed by atoms with Crippen molar-refractivity contribution in [2.75, 3.05) is 0 Å². The number of halogens is 1. The maximum atomic E-state index is 6.60.